The van der Waals surface area contributed by atoms with Crippen LogP contribution in [0.25, 0.3) is 21.8 Å². The molecule has 3 aromatic carbocycles. The molecule has 1 saturated heterocycles. The van der Waals surface area contributed by atoms with E-state index in [1.807, 2.05) is 12.1 Å². The molecule has 4 aromatic rings. The van der Waals surface area contributed by atoms with Gasteiger partial charge in [-0.25, -0.2) is 4.98 Å². The van der Waals surface area contributed by atoms with Crippen LogP contribution >= 0.6 is 0 Å². The first-order valence-corrected chi connectivity index (χ1v) is 10.8. The van der Waals surface area contributed by atoms with Gasteiger partial charge in [-0.1, -0.05) is 36.4 Å². The molecule has 5 rings (SSSR count). The first-order valence-electron chi connectivity index (χ1n) is 10.8. The van der Waals surface area contributed by atoms with Crippen LogP contribution in [0.5, 0.6) is 0 Å². The summed E-state index contributed by atoms with van der Waals surface area (Å²) < 4.78 is 0. The Morgan fingerprint density at radius 1 is 0.733 bits per heavy atom. The summed E-state index contributed by atoms with van der Waals surface area (Å²) in [6.07, 6.45) is 0. The maximum Gasteiger partial charge on any atom is 0.0730 e. The summed E-state index contributed by atoms with van der Waals surface area (Å²) in [6, 6.07) is 26.1. The Labute approximate surface area is 178 Å². The summed E-state index contributed by atoms with van der Waals surface area (Å²) in [4.78, 5) is 9.86. The van der Waals surface area contributed by atoms with Crippen molar-refractivity contribution in [3.05, 3.63) is 72.8 Å². The third-order valence-corrected chi connectivity index (χ3v) is 6.13. The molecule has 152 valence electrons. The van der Waals surface area contributed by atoms with Gasteiger partial charge in [-0.05, 0) is 50.2 Å². The van der Waals surface area contributed by atoms with Gasteiger partial charge in [0.1, 0.15) is 0 Å². The summed E-state index contributed by atoms with van der Waals surface area (Å²) >= 11 is 0. The van der Waals surface area contributed by atoms with E-state index in [2.05, 4.69) is 89.6 Å². The number of fused-ring (bicyclic) bond motifs is 2. The number of anilines is 3. The van der Waals surface area contributed by atoms with Gasteiger partial charge >= 0.3 is 0 Å². The summed E-state index contributed by atoms with van der Waals surface area (Å²) in [6.45, 7) is 9.00. The molecule has 0 saturated carbocycles. The van der Waals surface area contributed by atoms with E-state index in [1.54, 1.807) is 0 Å². The topological polar surface area (TPSA) is 31.4 Å². The first kappa shape index (κ1) is 18.9. The lowest BCUT2D eigenvalue weighted by atomic mass is 10.1. The van der Waals surface area contributed by atoms with E-state index in [9.17, 15) is 0 Å². The maximum absolute atomic E-state index is 4.82. The largest absolute Gasteiger partial charge is 0.369 e. The van der Waals surface area contributed by atoms with Gasteiger partial charge in [0, 0.05) is 54.4 Å². The van der Waals surface area contributed by atoms with Crippen molar-refractivity contribution in [2.24, 2.45) is 0 Å². The van der Waals surface area contributed by atoms with E-state index >= 15 is 0 Å². The van der Waals surface area contributed by atoms with Gasteiger partial charge in [-0.15, -0.1) is 0 Å². The van der Waals surface area contributed by atoms with E-state index in [-0.39, 0.29) is 0 Å². The van der Waals surface area contributed by atoms with E-state index < -0.39 is 0 Å². The minimum atomic E-state index is 0.628. The predicted octanol–water partition coefficient (Wildman–Crippen LogP) is 5.66. The van der Waals surface area contributed by atoms with Gasteiger partial charge in [0.15, 0.2) is 0 Å². The van der Waals surface area contributed by atoms with Crippen molar-refractivity contribution >= 4 is 38.9 Å². The van der Waals surface area contributed by atoms with Crippen LogP contribution in [-0.2, 0) is 0 Å². The van der Waals surface area contributed by atoms with Crippen molar-refractivity contribution in [2.75, 3.05) is 36.4 Å². The lowest BCUT2D eigenvalue weighted by Gasteiger charge is -2.38. The zero-order valence-corrected chi connectivity index (χ0v) is 17.7. The number of nitrogens with one attached hydrogen (secondary N) is 1. The quantitative estimate of drug-likeness (QED) is 0.451. The molecular weight excluding hydrogens is 368 g/mol. The lowest BCUT2D eigenvalue weighted by Crippen LogP contribution is -2.48. The second-order valence-corrected chi connectivity index (χ2v) is 8.31. The van der Waals surface area contributed by atoms with Crippen molar-refractivity contribution < 1.29 is 0 Å². The molecular formula is C26H28N4. The highest BCUT2D eigenvalue weighted by Crippen LogP contribution is 2.33. The molecule has 0 radical (unpaired) electrons. The number of para-hydroxylation sites is 2. The van der Waals surface area contributed by atoms with Crippen molar-refractivity contribution in [3.8, 4) is 0 Å². The molecule has 1 aliphatic rings. The number of pyridine rings is 1. The molecule has 0 spiro atoms. The van der Waals surface area contributed by atoms with E-state index in [1.165, 1.54) is 5.69 Å². The highest BCUT2D eigenvalue weighted by Gasteiger charge is 2.19. The minimum absolute atomic E-state index is 0.628. The summed E-state index contributed by atoms with van der Waals surface area (Å²) in [5, 5.41) is 5.96. The van der Waals surface area contributed by atoms with Crippen LogP contribution in [-0.4, -0.2) is 42.1 Å². The van der Waals surface area contributed by atoms with Crippen molar-refractivity contribution in [2.45, 2.75) is 19.9 Å². The second kappa shape index (κ2) is 7.96. The average molecular weight is 397 g/mol. The normalized spacial score (nSPS) is 15.2. The molecule has 0 amide bonds. The van der Waals surface area contributed by atoms with Gasteiger partial charge in [0.05, 0.1) is 16.7 Å². The average Bonchev–Trinajstić information content (AvgIpc) is 2.79. The summed E-state index contributed by atoms with van der Waals surface area (Å²) in [5.74, 6) is 0. The van der Waals surface area contributed by atoms with Crippen molar-refractivity contribution in [3.63, 3.8) is 0 Å². The highest BCUT2D eigenvalue weighted by atomic mass is 15.3. The Hall–Kier alpha value is -3.11. The number of piperazine rings is 1. The molecule has 0 bridgehead atoms. The number of nitrogens with zero attached hydrogens (tertiary/aromatic N) is 3. The molecule has 30 heavy (non-hydrogen) atoms. The molecule has 0 unspecified atom stereocenters. The van der Waals surface area contributed by atoms with Crippen LogP contribution < -0.4 is 10.2 Å². The number of rotatable bonds is 4. The molecule has 4 nitrogen and oxygen atoms in total. The number of aromatic nitrogens is 1. The van der Waals surface area contributed by atoms with Gasteiger partial charge in [-0.3, -0.25) is 4.90 Å². The zero-order valence-electron chi connectivity index (χ0n) is 17.7. The minimum Gasteiger partial charge on any atom is -0.369 e. The standard InChI is InChI=1S/C26H28N4/c1-19(2)29-15-17-30(18-16-29)21-13-11-20(12-14-21)27-26-22-7-3-5-9-24(22)28-25-10-6-4-8-23(25)26/h3-14,19H,15-18H2,1-2H3,(H,27,28). The predicted molar refractivity (Wildman–Crippen MR) is 128 cm³/mol. The fourth-order valence-corrected chi connectivity index (χ4v) is 4.37. The Morgan fingerprint density at radius 3 is 1.87 bits per heavy atom. The first-order chi connectivity index (χ1) is 14.7. The fraction of sp³-hybridized carbons (Fsp3) is 0.269. The molecule has 1 fully saturated rings. The Morgan fingerprint density at radius 2 is 1.30 bits per heavy atom. The Balaban J connectivity index is 1.42. The van der Waals surface area contributed by atoms with Crippen LogP contribution in [0.3, 0.4) is 0 Å². The van der Waals surface area contributed by atoms with Crippen LogP contribution in [0.1, 0.15) is 13.8 Å². The van der Waals surface area contributed by atoms with E-state index in [0.717, 1.165) is 59.4 Å². The Bertz CT molecular complexity index is 1100. The second-order valence-electron chi connectivity index (χ2n) is 8.31. The van der Waals surface area contributed by atoms with E-state index in [0.29, 0.717) is 6.04 Å². The van der Waals surface area contributed by atoms with Gasteiger partial charge in [0.25, 0.3) is 0 Å². The molecule has 4 heteroatoms. The molecule has 1 N–H and O–H groups in total. The van der Waals surface area contributed by atoms with Crippen molar-refractivity contribution in [1.82, 2.24) is 9.88 Å². The summed E-state index contributed by atoms with van der Waals surface area (Å²) in [5.41, 5.74) is 5.54. The summed E-state index contributed by atoms with van der Waals surface area (Å²) in [7, 11) is 0. The number of hydrogen-bond donors (Lipinski definition) is 1. The monoisotopic (exact) mass is 396 g/mol. The van der Waals surface area contributed by atoms with Gasteiger partial charge in [0.2, 0.25) is 0 Å². The molecule has 1 aromatic heterocycles. The lowest BCUT2D eigenvalue weighted by molar-refractivity contribution is 0.209. The SMILES string of the molecule is CC(C)N1CCN(c2ccc(Nc3c4ccccc4nc4ccccc34)cc2)CC1. The molecule has 0 aliphatic carbocycles. The smallest absolute Gasteiger partial charge is 0.0730 e. The van der Waals surface area contributed by atoms with Crippen LogP contribution in [0.4, 0.5) is 17.1 Å². The van der Waals surface area contributed by atoms with E-state index in [4.69, 9.17) is 4.98 Å². The van der Waals surface area contributed by atoms with Crippen LogP contribution in [0.15, 0.2) is 72.8 Å². The molecule has 2 heterocycles. The highest BCUT2D eigenvalue weighted by molar-refractivity contribution is 6.08. The third kappa shape index (κ3) is 3.59. The van der Waals surface area contributed by atoms with Gasteiger partial charge in [-0.2, -0.15) is 0 Å². The molecule has 1 aliphatic heterocycles. The number of hydrogen-bond acceptors (Lipinski definition) is 4. The zero-order chi connectivity index (χ0) is 20.5. The maximum atomic E-state index is 4.82. The van der Waals surface area contributed by atoms with Gasteiger partial charge < -0.3 is 10.2 Å². The Kier molecular flexibility index (Phi) is 5.01. The fourth-order valence-electron chi connectivity index (χ4n) is 4.37. The third-order valence-electron chi connectivity index (χ3n) is 6.13. The van der Waals surface area contributed by atoms with Crippen LogP contribution in [0.2, 0.25) is 0 Å². The van der Waals surface area contributed by atoms with Crippen molar-refractivity contribution in [1.29, 1.82) is 0 Å². The number of benzene rings is 3. The molecule has 0 atom stereocenters. The van der Waals surface area contributed by atoms with Crippen LogP contribution in [0, 0.1) is 0 Å².